The van der Waals surface area contributed by atoms with Gasteiger partial charge in [-0.25, -0.2) is 8.42 Å². The van der Waals surface area contributed by atoms with Gasteiger partial charge >= 0.3 is 1.43 Å². The van der Waals surface area contributed by atoms with Crippen molar-refractivity contribution in [2.24, 2.45) is 5.73 Å². The summed E-state index contributed by atoms with van der Waals surface area (Å²) < 4.78 is 32.8. The van der Waals surface area contributed by atoms with Gasteiger partial charge in [0.15, 0.2) is 0 Å². The van der Waals surface area contributed by atoms with E-state index in [2.05, 4.69) is 6.92 Å². The van der Waals surface area contributed by atoms with Crippen LogP contribution in [0.15, 0.2) is 0 Å². The maximum absolute atomic E-state index is 8.63. The molecule has 0 fully saturated rings. The predicted molar refractivity (Wildman–Crippen MR) is 88.2 cm³/mol. The predicted octanol–water partition coefficient (Wildman–Crippen LogP) is 4.15. The first-order valence-electron chi connectivity index (χ1n) is 8.30. The van der Waals surface area contributed by atoms with Crippen molar-refractivity contribution in [3.8, 4) is 0 Å². The molecule has 0 aliphatic rings. The minimum absolute atomic E-state index is 0. The smallest absolute Gasteiger partial charge is 0.726 e. The molecule has 0 rings (SSSR count). The molecule has 0 unspecified atom stereocenters. The summed E-state index contributed by atoms with van der Waals surface area (Å²) in [5.74, 6) is 0. The molecule has 0 amide bonds. The van der Waals surface area contributed by atoms with E-state index in [-0.39, 0.29) is 1.43 Å². The van der Waals surface area contributed by atoms with Crippen LogP contribution >= 0.6 is 0 Å². The van der Waals surface area contributed by atoms with Gasteiger partial charge in [0, 0.05) is 0 Å². The first kappa shape index (κ1) is 23.1. The molecule has 0 aromatic carbocycles. The number of hydrogen-bond acceptors (Lipinski definition) is 4. The molecule has 0 atom stereocenters. The summed E-state index contributed by atoms with van der Waals surface area (Å²) in [5, 5.41) is 0. The zero-order valence-electron chi connectivity index (χ0n) is 14.6. The second kappa shape index (κ2) is 17.9. The lowest BCUT2D eigenvalue weighted by Gasteiger charge is -2.02. The Kier molecular flexibility index (Phi) is 19.7. The number of hydrogen-bond donors (Lipinski definition) is 2. The molecule has 0 saturated heterocycles. The van der Waals surface area contributed by atoms with E-state index in [0.29, 0.717) is 0 Å². The SMILES string of the molecule is CCCCCCCCCCCCCCCN.O=S(=O)([O-])O.[H+]. The van der Waals surface area contributed by atoms with Crippen LogP contribution in [0.2, 0.25) is 0 Å². The quantitative estimate of drug-likeness (QED) is 0.301. The Morgan fingerprint density at radius 1 is 0.810 bits per heavy atom. The average Bonchev–Trinajstić information content (AvgIpc) is 2.38. The Bertz CT molecular complexity index is 265. The maximum atomic E-state index is 8.63. The number of nitrogens with two attached hydrogens (primary N) is 1. The Morgan fingerprint density at radius 3 is 1.29 bits per heavy atom. The van der Waals surface area contributed by atoms with E-state index in [4.69, 9.17) is 23.3 Å². The van der Waals surface area contributed by atoms with Crippen molar-refractivity contribution in [2.45, 2.75) is 90.4 Å². The van der Waals surface area contributed by atoms with Gasteiger partial charge in [-0.2, -0.15) is 0 Å². The fourth-order valence-electron chi connectivity index (χ4n) is 2.16. The highest BCUT2D eigenvalue weighted by Crippen LogP contribution is 2.12. The van der Waals surface area contributed by atoms with Gasteiger partial charge in [-0.1, -0.05) is 84.0 Å². The zero-order chi connectivity index (χ0) is 16.4. The molecule has 0 radical (unpaired) electrons. The molecule has 5 nitrogen and oxygen atoms in total. The van der Waals surface area contributed by atoms with Gasteiger partial charge in [-0.05, 0) is 13.0 Å². The minimum atomic E-state index is -4.92. The Labute approximate surface area is 132 Å². The van der Waals surface area contributed by atoms with Crippen LogP contribution in [0.1, 0.15) is 91.8 Å². The molecule has 0 aliphatic heterocycles. The molecule has 0 aromatic rings. The molecule has 3 N–H and O–H groups in total. The summed E-state index contributed by atoms with van der Waals surface area (Å²) in [7, 11) is -4.92. The second-order valence-electron chi connectivity index (χ2n) is 5.46. The summed E-state index contributed by atoms with van der Waals surface area (Å²) in [6.45, 7) is 3.16. The zero-order valence-corrected chi connectivity index (χ0v) is 14.4. The lowest BCUT2D eigenvalue weighted by molar-refractivity contribution is 0.366. The molecule has 0 aromatic heterocycles. The molecule has 0 spiro atoms. The average molecular weight is 326 g/mol. The van der Waals surface area contributed by atoms with E-state index in [1.165, 1.54) is 83.5 Å². The van der Waals surface area contributed by atoms with Crippen molar-refractivity contribution < 1.29 is 18.9 Å². The van der Waals surface area contributed by atoms with Crippen molar-refractivity contribution >= 4 is 10.4 Å². The van der Waals surface area contributed by atoms with Crippen molar-refractivity contribution in [2.75, 3.05) is 6.54 Å². The highest BCUT2D eigenvalue weighted by molar-refractivity contribution is 7.79. The fourth-order valence-corrected chi connectivity index (χ4v) is 2.16. The van der Waals surface area contributed by atoms with Gasteiger partial charge < -0.3 is 10.3 Å². The van der Waals surface area contributed by atoms with Gasteiger partial charge in [0.2, 0.25) is 10.4 Å². The lowest BCUT2D eigenvalue weighted by Crippen LogP contribution is -1.97. The molecule has 0 aliphatic carbocycles. The maximum Gasteiger partial charge on any atom is 1.00 e. The minimum Gasteiger partial charge on any atom is -0.726 e. The summed E-state index contributed by atoms with van der Waals surface area (Å²) in [4.78, 5) is 0. The third-order valence-corrected chi connectivity index (χ3v) is 3.31. The molecular formula is C15H35NO4S. The third-order valence-electron chi connectivity index (χ3n) is 3.31. The van der Waals surface area contributed by atoms with Gasteiger partial charge in [0.1, 0.15) is 0 Å². The van der Waals surface area contributed by atoms with Crippen molar-refractivity contribution in [1.82, 2.24) is 0 Å². The van der Waals surface area contributed by atoms with Crippen molar-refractivity contribution in [3.05, 3.63) is 0 Å². The van der Waals surface area contributed by atoms with Crippen LogP contribution in [-0.4, -0.2) is 24.1 Å². The summed E-state index contributed by atoms with van der Waals surface area (Å²) in [6, 6.07) is 0. The van der Waals surface area contributed by atoms with Crippen LogP contribution in [0, 0.1) is 0 Å². The third kappa shape index (κ3) is 38.3. The molecule has 6 heteroatoms. The largest absolute Gasteiger partial charge is 1.00 e. The second-order valence-corrected chi connectivity index (χ2v) is 6.31. The lowest BCUT2D eigenvalue weighted by atomic mass is 10.0. The first-order chi connectivity index (χ1) is 9.91. The van der Waals surface area contributed by atoms with E-state index in [9.17, 15) is 0 Å². The molecule has 0 saturated carbocycles. The van der Waals surface area contributed by atoms with E-state index in [0.717, 1.165) is 6.54 Å². The van der Waals surface area contributed by atoms with Gasteiger partial charge in [0.25, 0.3) is 0 Å². The molecule has 0 heterocycles. The van der Waals surface area contributed by atoms with Crippen LogP contribution in [0.4, 0.5) is 0 Å². The molecule has 130 valence electrons. The fraction of sp³-hybridized carbons (Fsp3) is 1.00. The Hall–Kier alpha value is -0.170. The topological polar surface area (TPSA) is 103 Å². The highest BCUT2D eigenvalue weighted by atomic mass is 32.3. The normalized spacial score (nSPS) is 11.0. The van der Waals surface area contributed by atoms with Crippen LogP contribution in [0.5, 0.6) is 0 Å². The highest BCUT2D eigenvalue weighted by Gasteiger charge is 1.92. The molecule has 21 heavy (non-hydrogen) atoms. The summed E-state index contributed by atoms with van der Waals surface area (Å²) in [6.07, 6.45) is 18.4. The van der Waals surface area contributed by atoms with E-state index >= 15 is 0 Å². The number of unbranched alkanes of at least 4 members (excludes halogenated alkanes) is 12. The van der Waals surface area contributed by atoms with E-state index in [1.807, 2.05) is 0 Å². The van der Waals surface area contributed by atoms with Gasteiger partial charge in [-0.15, -0.1) is 0 Å². The Balaban J connectivity index is -0.000000520. The number of rotatable bonds is 13. The van der Waals surface area contributed by atoms with Gasteiger partial charge in [0.05, 0.1) is 0 Å². The monoisotopic (exact) mass is 325 g/mol. The summed E-state index contributed by atoms with van der Waals surface area (Å²) >= 11 is 0. The Morgan fingerprint density at radius 2 is 1.05 bits per heavy atom. The summed E-state index contributed by atoms with van der Waals surface area (Å²) in [5.41, 5.74) is 5.46. The van der Waals surface area contributed by atoms with Crippen molar-refractivity contribution in [1.29, 1.82) is 0 Å². The van der Waals surface area contributed by atoms with Crippen molar-refractivity contribution in [3.63, 3.8) is 0 Å². The van der Waals surface area contributed by atoms with Gasteiger partial charge in [-0.3, -0.25) is 4.55 Å². The standard InChI is InChI=1S/C15H33N.H2O4S/c1-2-3-4-5-6-7-8-9-10-11-12-13-14-15-16;1-5(2,3)4/h2-16H2,1H3;(H2,1,2,3,4). The van der Waals surface area contributed by atoms with Crippen LogP contribution in [0.3, 0.4) is 0 Å². The molecule has 0 bridgehead atoms. The van der Waals surface area contributed by atoms with Crippen LogP contribution in [-0.2, 0) is 10.4 Å². The van der Waals surface area contributed by atoms with Crippen LogP contribution in [0.25, 0.3) is 0 Å². The van der Waals surface area contributed by atoms with E-state index < -0.39 is 10.4 Å². The molecular weight excluding hydrogens is 290 g/mol. The van der Waals surface area contributed by atoms with Crippen LogP contribution < -0.4 is 5.73 Å². The van der Waals surface area contributed by atoms with E-state index in [1.54, 1.807) is 0 Å². The first-order valence-corrected chi connectivity index (χ1v) is 9.66.